The molecule has 0 aliphatic carbocycles. The van der Waals surface area contributed by atoms with Crippen LogP contribution in [-0.4, -0.2) is 57.4 Å². The van der Waals surface area contributed by atoms with Crippen molar-refractivity contribution in [2.45, 2.75) is 45.1 Å². The van der Waals surface area contributed by atoms with Gasteiger partial charge in [-0.05, 0) is 81.1 Å². The smallest absolute Gasteiger partial charge is 0.334 e. The summed E-state index contributed by atoms with van der Waals surface area (Å²) in [5, 5.41) is 34.1. The molecule has 2 aliphatic heterocycles. The first-order chi connectivity index (χ1) is 19.7. The lowest BCUT2D eigenvalue weighted by Gasteiger charge is -2.31. The predicted molar refractivity (Wildman–Crippen MR) is 158 cm³/mol. The van der Waals surface area contributed by atoms with Gasteiger partial charge in [-0.25, -0.2) is 9.59 Å². The number of hydrogen-bond donors (Lipinski definition) is 4. The molecule has 1 fully saturated rings. The number of carboxylic acid groups (broad SMARTS) is 2. The van der Waals surface area contributed by atoms with Crippen LogP contribution in [0.2, 0.25) is 0 Å². The number of likely N-dealkylation sites (tertiary alicyclic amines) is 1. The van der Waals surface area contributed by atoms with Crippen molar-refractivity contribution in [3.8, 4) is 5.75 Å². The Balaban J connectivity index is 0.00000405. The summed E-state index contributed by atoms with van der Waals surface area (Å²) in [4.78, 5) is 26.5. The number of piperidine rings is 1. The van der Waals surface area contributed by atoms with E-state index in [1.807, 2.05) is 12.1 Å². The first-order valence-corrected chi connectivity index (χ1v) is 13.4. The third-order valence-electron chi connectivity index (χ3n) is 7.67. The Morgan fingerprint density at radius 2 is 1.64 bits per heavy atom. The van der Waals surface area contributed by atoms with Gasteiger partial charge in [-0.2, -0.15) is 0 Å². The number of anilines is 2. The number of carboxylic acids is 2. The summed E-state index contributed by atoms with van der Waals surface area (Å²) >= 11 is 0. The maximum atomic E-state index is 12.1. The van der Waals surface area contributed by atoms with Crippen LogP contribution in [0.5, 0.6) is 5.75 Å². The van der Waals surface area contributed by atoms with Crippen LogP contribution in [-0.2, 0) is 16.1 Å². The molecule has 5 rings (SSSR count). The van der Waals surface area contributed by atoms with Crippen molar-refractivity contribution >= 4 is 36.0 Å². The van der Waals surface area contributed by atoms with Crippen LogP contribution in [0.4, 0.5) is 11.7 Å². The zero-order chi connectivity index (χ0) is 29.1. The van der Waals surface area contributed by atoms with Gasteiger partial charge in [0, 0.05) is 17.1 Å². The van der Waals surface area contributed by atoms with Gasteiger partial charge in [0.25, 0.3) is 0 Å². The summed E-state index contributed by atoms with van der Waals surface area (Å²) in [6, 6.07) is 15.4. The molecule has 0 atom stereocenters. The number of nitrogens with one attached hydrogen (secondary N) is 2. The molecule has 0 unspecified atom stereocenters. The summed E-state index contributed by atoms with van der Waals surface area (Å²) in [7, 11) is 1.68. The predicted octanol–water partition coefficient (Wildman–Crippen LogP) is 5.03. The molecule has 0 bridgehead atoms. The SMILES string of the molecule is COc1cccc(C2CCN(Cc3nnc(Nc4cccc(C5C(C(=O)O)=C(C)NC(C)=C5C(=O)O)c4)o3)CC2)c1.Cl. The summed E-state index contributed by atoms with van der Waals surface area (Å²) < 4.78 is 11.2. The number of nitrogens with zero attached hydrogens (tertiary/aromatic N) is 3. The van der Waals surface area contributed by atoms with E-state index in [-0.39, 0.29) is 29.6 Å². The number of aliphatic carboxylic acids is 2. The minimum absolute atomic E-state index is 0. The molecule has 0 saturated carbocycles. The lowest BCUT2D eigenvalue weighted by atomic mass is 9.80. The molecule has 11 nitrogen and oxygen atoms in total. The number of allylic oxidation sites excluding steroid dienone is 2. The van der Waals surface area contributed by atoms with Gasteiger partial charge in [-0.15, -0.1) is 17.5 Å². The molecule has 0 spiro atoms. The Hall–Kier alpha value is -4.35. The monoisotopic (exact) mass is 595 g/mol. The summed E-state index contributed by atoms with van der Waals surface area (Å²) in [5.41, 5.74) is 3.15. The number of rotatable bonds is 9. The maximum absolute atomic E-state index is 12.1. The minimum Gasteiger partial charge on any atom is -0.497 e. The summed E-state index contributed by atoms with van der Waals surface area (Å²) in [6.45, 7) is 5.60. The second-order valence-corrected chi connectivity index (χ2v) is 10.3. The van der Waals surface area contributed by atoms with Crippen molar-refractivity contribution in [1.29, 1.82) is 0 Å². The lowest BCUT2D eigenvalue weighted by Crippen LogP contribution is -2.32. The molecule has 42 heavy (non-hydrogen) atoms. The standard InChI is InChI=1S/C30H33N5O6.ClH/c1-17-25(28(36)37)27(26(29(38)39)18(2)31-17)21-7-4-8-22(14-21)32-30-34-33-24(41-30)16-35-12-10-19(11-13-35)20-6-5-9-23(15-20)40-3;/h4-9,14-15,19,27,31H,10-13,16H2,1-3H3,(H,32,34)(H,36,37)(H,38,39);1H. The lowest BCUT2D eigenvalue weighted by molar-refractivity contribution is -0.133. The van der Waals surface area contributed by atoms with Crippen LogP contribution in [0.3, 0.4) is 0 Å². The number of aromatic nitrogens is 2. The third kappa shape index (κ3) is 6.58. The summed E-state index contributed by atoms with van der Waals surface area (Å²) in [5.74, 6) is -1.47. The Morgan fingerprint density at radius 3 is 2.29 bits per heavy atom. The highest BCUT2D eigenvalue weighted by atomic mass is 35.5. The van der Waals surface area contributed by atoms with E-state index in [4.69, 9.17) is 9.15 Å². The molecule has 0 radical (unpaired) electrons. The summed E-state index contributed by atoms with van der Waals surface area (Å²) in [6.07, 6.45) is 2.04. The number of ether oxygens (including phenoxy) is 1. The number of benzene rings is 2. The molecule has 0 amide bonds. The van der Waals surface area contributed by atoms with Crippen LogP contribution in [0, 0.1) is 0 Å². The molecule has 1 aromatic heterocycles. The molecule has 12 heteroatoms. The highest BCUT2D eigenvalue weighted by Gasteiger charge is 2.36. The van der Waals surface area contributed by atoms with E-state index in [0.29, 0.717) is 41.0 Å². The van der Waals surface area contributed by atoms with E-state index < -0.39 is 17.9 Å². The zero-order valence-corrected chi connectivity index (χ0v) is 24.4. The largest absolute Gasteiger partial charge is 0.497 e. The van der Waals surface area contributed by atoms with Crippen LogP contribution < -0.4 is 15.4 Å². The van der Waals surface area contributed by atoms with Gasteiger partial charge in [0.2, 0.25) is 5.89 Å². The number of methoxy groups -OCH3 is 1. The van der Waals surface area contributed by atoms with E-state index in [9.17, 15) is 19.8 Å². The first-order valence-electron chi connectivity index (χ1n) is 13.4. The Morgan fingerprint density at radius 1 is 1.00 bits per heavy atom. The average Bonchev–Trinajstić information content (AvgIpc) is 3.39. The maximum Gasteiger partial charge on any atom is 0.334 e. The molecule has 2 aromatic carbocycles. The molecule has 3 aromatic rings. The number of dihydropyridines is 1. The fourth-order valence-corrected chi connectivity index (χ4v) is 5.69. The van der Waals surface area contributed by atoms with Gasteiger partial charge in [-0.3, -0.25) is 4.90 Å². The average molecular weight is 596 g/mol. The molecule has 222 valence electrons. The highest BCUT2D eigenvalue weighted by molar-refractivity contribution is 5.98. The van der Waals surface area contributed by atoms with Crippen molar-refractivity contribution in [3.63, 3.8) is 0 Å². The van der Waals surface area contributed by atoms with E-state index >= 15 is 0 Å². The van der Waals surface area contributed by atoms with Gasteiger partial charge in [0.15, 0.2) is 0 Å². The molecule has 3 heterocycles. The molecule has 2 aliphatic rings. The fourth-order valence-electron chi connectivity index (χ4n) is 5.69. The minimum atomic E-state index is -1.18. The van der Waals surface area contributed by atoms with Gasteiger partial charge in [0.05, 0.1) is 30.7 Å². The van der Waals surface area contributed by atoms with Crippen LogP contribution in [0.25, 0.3) is 0 Å². The number of halogens is 1. The molecule has 1 saturated heterocycles. The van der Waals surface area contributed by atoms with E-state index in [2.05, 4.69) is 37.9 Å². The van der Waals surface area contributed by atoms with Crippen molar-refractivity contribution in [3.05, 3.63) is 88.1 Å². The Kier molecular flexibility index (Phi) is 9.54. The first kappa shape index (κ1) is 30.6. The number of hydrogen-bond acceptors (Lipinski definition) is 9. The normalized spacial score (nSPS) is 16.5. The van der Waals surface area contributed by atoms with E-state index in [1.165, 1.54) is 5.56 Å². The van der Waals surface area contributed by atoms with Crippen molar-refractivity contribution < 1.29 is 29.0 Å². The van der Waals surface area contributed by atoms with Gasteiger partial charge in [0.1, 0.15) is 5.75 Å². The van der Waals surface area contributed by atoms with Crippen molar-refractivity contribution in [2.75, 3.05) is 25.5 Å². The van der Waals surface area contributed by atoms with Crippen LogP contribution in [0.15, 0.2) is 75.5 Å². The highest BCUT2D eigenvalue weighted by Crippen LogP contribution is 2.39. The van der Waals surface area contributed by atoms with E-state index in [0.717, 1.165) is 31.7 Å². The molecular formula is C30H34ClN5O6. The van der Waals surface area contributed by atoms with Crippen LogP contribution in [0.1, 0.15) is 55.5 Å². The second kappa shape index (κ2) is 13.1. The zero-order valence-electron chi connectivity index (χ0n) is 23.6. The fraction of sp³-hybridized carbons (Fsp3) is 0.333. The Labute approximate surface area is 249 Å². The Bertz CT molecular complexity index is 1490. The van der Waals surface area contributed by atoms with Crippen LogP contribution >= 0.6 is 12.4 Å². The molecular weight excluding hydrogens is 562 g/mol. The third-order valence-corrected chi connectivity index (χ3v) is 7.67. The van der Waals surface area contributed by atoms with E-state index in [1.54, 1.807) is 45.2 Å². The van der Waals surface area contributed by atoms with Crippen molar-refractivity contribution in [2.24, 2.45) is 0 Å². The molecule has 4 N–H and O–H groups in total. The van der Waals surface area contributed by atoms with Gasteiger partial charge >= 0.3 is 18.0 Å². The van der Waals surface area contributed by atoms with Gasteiger partial charge in [-0.1, -0.05) is 29.4 Å². The second-order valence-electron chi connectivity index (χ2n) is 10.3. The van der Waals surface area contributed by atoms with Gasteiger partial charge < -0.3 is 30.0 Å². The number of carbonyl (C=O) groups is 2. The topological polar surface area (TPSA) is 150 Å². The quantitative estimate of drug-likeness (QED) is 0.264. The van der Waals surface area contributed by atoms with Crippen molar-refractivity contribution in [1.82, 2.24) is 20.4 Å².